The summed E-state index contributed by atoms with van der Waals surface area (Å²) < 4.78 is 5.65. The molecule has 3 aliphatic rings. The van der Waals surface area contributed by atoms with E-state index in [-0.39, 0.29) is 5.41 Å². The number of ketones is 1. The van der Waals surface area contributed by atoms with E-state index in [4.69, 9.17) is 4.74 Å². The number of carbonyl (C=O) groups is 1. The van der Waals surface area contributed by atoms with Crippen LogP contribution < -0.4 is 0 Å². The maximum Gasteiger partial charge on any atom is 0.139 e. The SMILES string of the molecule is CCCC1C(CCOCC)CCC2C1CCC1(C)C(=O)CCC21. The molecule has 0 N–H and O–H groups in total. The van der Waals surface area contributed by atoms with E-state index < -0.39 is 0 Å². The van der Waals surface area contributed by atoms with Gasteiger partial charge in [-0.15, -0.1) is 0 Å². The van der Waals surface area contributed by atoms with Crippen molar-refractivity contribution in [3.8, 4) is 0 Å². The first-order chi connectivity index (χ1) is 11.1. The molecule has 0 amide bonds. The Morgan fingerprint density at radius 2 is 1.91 bits per heavy atom. The Morgan fingerprint density at radius 1 is 1.09 bits per heavy atom. The minimum Gasteiger partial charge on any atom is -0.382 e. The van der Waals surface area contributed by atoms with E-state index in [1.165, 1.54) is 44.9 Å². The van der Waals surface area contributed by atoms with Crippen molar-refractivity contribution in [2.75, 3.05) is 13.2 Å². The molecule has 0 aliphatic heterocycles. The van der Waals surface area contributed by atoms with E-state index >= 15 is 0 Å². The lowest BCUT2D eigenvalue weighted by Gasteiger charge is -2.53. The molecule has 0 saturated heterocycles. The van der Waals surface area contributed by atoms with E-state index in [1.54, 1.807) is 0 Å². The van der Waals surface area contributed by atoms with Crippen LogP contribution in [0.3, 0.4) is 0 Å². The molecule has 23 heavy (non-hydrogen) atoms. The van der Waals surface area contributed by atoms with Gasteiger partial charge in [-0.3, -0.25) is 4.79 Å². The van der Waals surface area contributed by atoms with Gasteiger partial charge in [0.25, 0.3) is 0 Å². The summed E-state index contributed by atoms with van der Waals surface area (Å²) >= 11 is 0. The Balaban J connectivity index is 1.72. The second kappa shape index (κ2) is 7.25. The number of fused-ring (bicyclic) bond motifs is 3. The summed E-state index contributed by atoms with van der Waals surface area (Å²) in [6, 6.07) is 0. The van der Waals surface area contributed by atoms with E-state index in [9.17, 15) is 4.79 Å². The van der Waals surface area contributed by atoms with Crippen LogP contribution in [-0.4, -0.2) is 19.0 Å². The minimum absolute atomic E-state index is 0.0378. The van der Waals surface area contributed by atoms with Crippen molar-refractivity contribution in [3.05, 3.63) is 0 Å². The molecule has 3 aliphatic carbocycles. The number of carbonyl (C=O) groups excluding carboxylic acids is 1. The highest BCUT2D eigenvalue weighted by atomic mass is 16.5. The molecule has 6 unspecified atom stereocenters. The van der Waals surface area contributed by atoms with Crippen molar-refractivity contribution < 1.29 is 9.53 Å². The smallest absolute Gasteiger partial charge is 0.139 e. The zero-order valence-electron chi connectivity index (χ0n) is 15.5. The molecule has 132 valence electrons. The average molecular weight is 321 g/mol. The predicted octanol–water partition coefficient (Wildman–Crippen LogP) is 5.25. The Morgan fingerprint density at radius 3 is 2.65 bits per heavy atom. The van der Waals surface area contributed by atoms with Crippen LogP contribution in [0.5, 0.6) is 0 Å². The summed E-state index contributed by atoms with van der Waals surface area (Å²) in [6.07, 6.45) is 11.2. The molecule has 0 aromatic carbocycles. The van der Waals surface area contributed by atoms with Gasteiger partial charge in [-0.05, 0) is 75.0 Å². The standard InChI is InChI=1S/C21H36O2/c1-4-6-16-15(12-14-23-5-2)7-8-18-17(16)11-13-21(3)19(18)9-10-20(21)22/h15-19H,4-14H2,1-3H3. The van der Waals surface area contributed by atoms with Crippen molar-refractivity contribution in [1.82, 2.24) is 0 Å². The van der Waals surface area contributed by atoms with E-state index in [0.29, 0.717) is 11.7 Å². The van der Waals surface area contributed by atoms with Gasteiger partial charge in [0.05, 0.1) is 0 Å². The third-order valence-electron chi connectivity index (χ3n) is 7.69. The lowest BCUT2D eigenvalue weighted by Crippen LogP contribution is -2.47. The van der Waals surface area contributed by atoms with Crippen LogP contribution in [0.4, 0.5) is 0 Å². The van der Waals surface area contributed by atoms with Crippen molar-refractivity contribution in [3.63, 3.8) is 0 Å². The van der Waals surface area contributed by atoms with Crippen LogP contribution in [0.25, 0.3) is 0 Å². The molecule has 2 nitrogen and oxygen atoms in total. The van der Waals surface area contributed by atoms with Crippen molar-refractivity contribution in [2.24, 2.45) is 35.0 Å². The fourth-order valence-electron chi connectivity index (χ4n) is 6.53. The molecule has 3 saturated carbocycles. The number of ether oxygens (including phenoxy) is 1. The Labute approximate surface area is 142 Å². The van der Waals surface area contributed by atoms with E-state index in [2.05, 4.69) is 20.8 Å². The van der Waals surface area contributed by atoms with Crippen LogP contribution in [0.1, 0.15) is 78.6 Å². The normalized spacial score (nSPS) is 43.3. The van der Waals surface area contributed by atoms with Gasteiger partial charge in [-0.1, -0.05) is 26.7 Å². The third kappa shape index (κ3) is 3.13. The zero-order valence-corrected chi connectivity index (χ0v) is 15.5. The van der Waals surface area contributed by atoms with Crippen LogP contribution in [0.2, 0.25) is 0 Å². The first-order valence-electron chi connectivity index (χ1n) is 10.2. The largest absolute Gasteiger partial charge is 0.382 e. The fraction of sp³-hybridized carbons (Fsp3) is 0.952. The predicted molar refractivity (Wildman–Crippen MR) is 94.3 cm³/mol. The molecule has 0 spiro atoms. The summed E-state index contributed by atoms with van der Waals surface area (Å²) in [5.74, 6) is 4.75. The van der Waals surface area contributed by atoms with Crippen LogP contribution >= 0.6 is 0 Å². The molecule has 0 bridgehead atoms. The Kier molecular flexibility index (Phi) is 5.50. The lowest BCUT2D eigenvalue weighted by atomic mass is 9.51. The van der Waals surface area contributed by atoms with Gasteiger partial charge in [0.2, 0.25) is 0 Å². The fourth-order valence-corrected chi connectivity index (χ4v) is 6.53. The van der Waals surface area contributed by atoms with Crippen LogP contribution in [0, 0.1) is 35.0 Å². The van der Waals surface area contributed by atoms with E-state index in [0.717, 1.165) is 49.7 Å². The molecule has 3 fully saturated rings. The first kappa shape index (κ1) is 17.5. The summed E-state index contributed by atoms with van der Waals surface area (Å²) in [6.45, 7) is 8.52. The second-order valence-electron chi connectivity index (χ2n) is 8.63. The monoisotopic (exact) mass is 320 g/mol. The highest BCUT2D eigenvalue weighted by molar-refractivity contribution is 5.87. The molecule has 2 heteroatoms. The van der Waals surface area contributed by atoms with E-state index in [1.807, 2.05) is 0 Å². The molecular formula is C21H36O2. The molecule has 0 aromatic heterocycles. The van der Waals surface area contributed by atoms with Gasteiger partial charge in [0, 0.05) is 25.0 Å². The topological polar surface area (TPSA) is 26.3 Å². The Hall–Kier alpha value is -0.370. The minimum atomic E-state index is 0.0378. The van der Waals surface area contributed by atoms with Gasteiger partial charge in [-0.25, -0.2) is 0 Å². The number of hydrogen-bond donors (Lipinski definition) is 0. The summed E-state index contributed by atoms with van der Waals surface area (Å²) in [5, 5.41) is 0. The average Bonchev–Trinajstić information content (AvgIpc) is 2.85. The Bertz CT molecular complexity index is 418. The van der Waals surface area contributed by atoms with Gasteiger partial charge >= 0.3 is 0 Å². The summed E-state index contributed by atoms with van der Waals surface area (Å²) in [7, 11) is 0. The number of Topliss-reactive ketones (excluding diaryl/α,β-unsaturated/α-hetero) is 1. The molecule has 0 heterocycles. The van der Waals surface area contributed by atoms with Gasteiger partial charge in [0.1, 0.15) is 5.78 Å². The second-order valence-corrected chi connectivity index (χ2v) is 8.63. The highest BCUT2D eigenvalue weighted by Crippen LogP contribution is 2.60. The maximum absolute atomic E-state index is 12.4. The molecule has 0 radical (unpaired) electrons. The molecular weight excluding hydrogens is 284 g/mol. The molecule has 6 atom stereocenters. The maximum atomic E-state index is 12.4. The van der Waals surface area contributed by atoms with Crippen molar-refractivity contribution in [2.45, 2.75) is 78.6 Å². The van der Waals surface area contributed by atoms with Crippen molar-refractivity contribution in [1.29, 1.82) is 0 Å². The van der Waals surface area contributed by atoms with Gasteiger partial charge in [0.15, 0.2) is 0 Å². The quantitative estimate of drug-likeness (QED) is 0.625. The van der Waals surface area contributed by atoms with Crippen LogP contribution in [-0.2, 0) is 9.53 Å². The zero-order chi connectivity index (χ0) is 16.4. The lowest BCUT2D eigenvalue weighted by molar-refractivity contribution is -0.132. The first-order valence-corrected chi connectivity index (χ1v) is 10.2. The third-order valence-corrected chi connectivity index (χ3v) is 7.69. The molecule has 3 rings (SSSR count). The van der Waals surface area contributed by atoms with Gasteiger partial charge < -0.3 is 4.74 Å². The highest BCUT2D eigenvalue weighted by Gasteiger charge is 2.56. The van der Waals surface area contributed by atoms with Crippen LogP contribution in [0.15, 0.2) is 0 Å². The van der Waals surface area contributed by atoms with Gasteiger partial charge in [-0.2, -0.15) is 0 Å². The van der Waals surface area contributed by atoms with Crippen molar-refractivity contribution >= 4 is 5.78 Å². The number of rotatable bonds is 6. The summed E-state index contributed by atoms with van der Waals surface area (Å²) in [5.41, 5.74) is 0.0378. The number of hydrogen-bond acceptors (Lipinski definition) is 2. The molecule has 0 aromatic rings. The summed E-state index contributed by atoms with van der Waals surface area (Å²) in [4.78, 5) is 12.4.